The van der Waals surface area contributed by atoms with Crippen LogP contribution in [0.4, 0.5) is 0 Å². The topological polar surface area (TPSA) is 113 Å². The highest BCUT2D eigenvalue weighted by atomic mass is 32.2. The summed E-state index contributed by atoms with van der Waals surface area (Å²) in [5, 5.41) is 0.772. The van der Waals surface area contributed by atoms with Gasteiger partial charge in [-0.3, -0.25) is 9.59 Å². The second-order valence-electron chi connectivity index (χ2n) is 9.90. The second kappa shape index (κ2) is 11.5. The second-order valence-corrected chi connectivity index (χ2v) is 11.8. The summed E-state index contributed by atoms with van der Waals surface area (Å²) in [5.41, 5.74) is 2.79. The smallest absolute Gasteiger partial charge is 0.322 e. The number of ether oxygens (including phenoxy) is 4. The molecule has 1 aliphatic rings. The van der Waals surface area contributed by atoms with Gasteiger partial charge in [-0.1, -0.05) is 48.5 Å². The predicted molar refractivity (Wildman–Crippen MR) is 155 cm³/mol. The molecule has 0 radical (unpaired) electrons. The van der Waals surface area contributed by atoms with Gasteiger partial charge in [0.15, 0.2) is 17.4 Å². The number of hydrogen-bond donors (Lipinski definition) is 0. The molecule has 0 amide bonds. The van der Waals surface area contributed by atoms with Crippen molar-refractivity contribution in [3.8, 4) is 11.5 Å². The molecule has 0 fully saturated rings. The number of rotatable bonds is 8. The van der Waals surface area contributed by atoms with Crippen LogP contribution in [0.25, 0.3) is 10.9 Å². The number of esters is 2. The average molecular weight is 593 g/mol. The number of hydrogen-bond acceptors (Lipinski definition) is 8. The van der Waals surface area contributed by atoms with Crippen LogP contribution < -0.4 is 9.47 Å². The van der Waals surface area contributed by atoms with Crippen LogP contribution in [-0.4, -0.2) is 64.2 Å². The molecule has 10 nitrogen and oxygen atoms in total. The first-order valence-electron chi connectivity index (χ1n) is 13.2. The van der Waals surface area contributed by atoms with E-state index < -0.39 is 39.8 Å². The van der Waals surface area contributed by atoms with Crippen LogP contribution in [0.5, 0.6) is 11.5 Å². The molecule has 0 N–H and O–H groups in total. The number of aryl methyl sites for hydroxylation is 1. The van der Waals surface area contributed by atoms with Crippen LogP contribution in [0.15, 0.2) is 77.7 Å². The van der Waals surface area contributed by atoms with Crippen molar-refractivity contribution in [3.63, 3.8) is 0 Å². The molecule has 220 valence electrons. The van der Waals surface area contributed by atoms with Crippen molar-refractivity contribution < 1.29 is 37.0 Å². The van der Waals surface area contributed by atoms with Crippen molar-refractivity contribution in [2.24, 2.45) is 13.0 Å². The van der Waals surface area contributed by atoms with Gasteiger partial charge in [-0.25, -0.2) is 8.42 Å². The van der Waals surface area contributed by atoms with Gasteiger partial charge in [-0.15, -0.1) is 0 Å². The molecule has 0 unspecified atom stereocenters. The van der Waals surface area contributed by atoms with E-state index in [2.05, 4.69) is 0 Å². The van der Waals surface area contributed by atoms with Gasteiger partial charge in [0.2, 0.25) is 10.0 Å². The molecular weight excluding hydrogens is 560 g/mol. The molecule has 0 aliphatic carbocycles. The fraction of sp³-hybridized carbons (Fsp3) is 0.290. The van der Waals surface area contributed by atoms with E-state index in [0.29, 0.717) is 22.7 Å². The SMILES string of the molecule is COC(=O)C(C(=O)OC)[C@H]1c2c(c3cc(OC)c(OC)cc3n2C)[C@@H](c2ccccc2)CN1S(=O)(=O)c1ccccc1. The highest BCUT2D eigenvalue weighted by Crippen LogP contribution is 2.50. The molecule has 11 heteroatoms. The minimum atomic E-state index is -4.25. The summed E-state index contributed by atoms with van der Waals surface area (Å²) in [4.78, 5) is 26.7. The predicted octanol–water partition coefficient (Wildman–Crippen LogP) is 4.04. The Morgan fingerprint density at radius 3 is 1.93 bits per heavy atom. The maximum Gasteiger partial charge on any atom is 0.322 e. The molecule has 3 aromatic carbocycles. The molecule has 42 heavy (non-hydrogen) atoms. The van der Waals surface area contributed by atoms with Gasteiger partial charge in [-0.05, 0) is 29.3 Å². The first-order chi connectivity index (χ1) is 20.2. The zero-order chi connectivity index (χ0) is 30.2. The zero-order valence-corrected chi connectivity index (χ0v) is 24.8. The molecule has 0 saturated heterocycles. The Kier molecular flexibility index (Phi) is 7.98. The minimum Gasteiger partial charge on any atom is -0.493 e. The molecule has 1 aromatic heterocycles. The fourth-order valence-corrected chi connectivity index (χ4v) is 7.56. The molecule has 1 aliphatic heterocycles. The van der Waals surface area contributed by atoms with Gasteiger partial charge in [0.1, 0.15) is 0 Å². The van der Waals surface area contributed by atoms with Crippen LogP contribution in [0.1, 0.15) is 28.8 Å². The first kappa shape index (κ1) is 29.2. The fourth-order valence-electron chi connectivity index (χ4n) is 5.92. The first-order valence-corrected chi connectivity index (χ1v) is 14.6. The number of nitrogens with zero attached hydrogens (tertiary/aromatic N) is 2. The Morgan fingerprint density at radius 2 is 1.38 bits per heavy atom. The lowest BCUT2D eigenvalue weighted by Crippen LogP contribution is -2.49. The number of benzene rings is 3. The van der Waals surface area contributed by atoms with Gasteiger partial charge < -0.3 is 23.5 Å². The normalized spacial score (nSPS) is 17.1. The summed E-state index contributed by atoms with van der Waals surface area (Å²) in [6.07, 6.45) is 0. The molecule has 0 spiro atoms. The quantitative estimate of drug-likeness (QED) is 0.223. The molecule has 0 bridgehead atoms. The summed E-state index contributed by atoms with van der Waals surface area (Å²) < 4.78 is 53.2. The Labute approximate surface area is 244 Å². The van der Waals surface area contributed by atoms with Crippen LogP contribution in [0, 0.1) is 5.92 Å². The van der Waals surface area contributed by atoms with E-state index >= 15 is 0 Å². The number of fused-ring (bicyclic) bond motifs is 3. The number of carbonyl (C=O) groups is 2. The lowest BCUT2D eigenvalue weighted by Gasteiger charge is -2.41. The lowest BCUT2D eigenvalue weighted by atomic mass is 9.81. The van der Waals surface area contributed by atoms with Crippen LogP contribution in [0.2, 0.25) is 0 Å². The Morgan fingerprint density at radius 1 is 0.833 bits per heavy atom. The summed E-state index contributed by atoms with van der Waals surface area (Å²) in [5.74, 6) is -2.94. The van der Waals surface area contributed by atoms with Gasteiger partial charge in [0.05, 0.1) is 44.9 Å². The van der Waals surface area contributed by atoms with Crippen LogP contribution in [0.3, 0.4) is 0 Å². The molecule has 4 aromatic rings. The third-order valence-electron chi connectivity index (χ3n) is 7.87. The number of aromatic nitrogens is 1. The number of sulfonamides is 1. The summed E-state index contributed by atoms with van der Waals surface area (Å²) in [6, 6.07) is 19.8. The van der Waals surface area contributed by atoms with Crippen molar-refractivity contribution in [3.05, 3.63) is 89.6 Å². The van der Waals surface area contributed by atoms with E-state index in [1.807, 2.05) is 36.4 Å². The van der Waals surface area contributed by atoms with E-state index in [4.69, 9.17) is 18.9 Å². The summed E-state index contributed by atoms with van der Waals surface area (Å²) in [6.45, 7) is -0.0587. The third kappa shape index (κ3) is 4.68. The minimum absolute atomic E-state index is 0.0286. The van der Waals surface area contributed by atoms with Crippen molar-refractivity contribution in [1.82, 2.24) is 8.87 Å². The van der Waals surface area contributed by atoms with Crippen LogP contribution >= 0.6 is 0 Å². The van der Waals surface area contributed by atoms with Crippen molar-refractivity contribution in [2.45, 2.75) is 16.9 Å². The Balaban J connectivity index is 1.92. The molecule has 0 saturated carbocycles. The van der Waals surface area contributed by atoms with Crippen molar-refractivity contribution >= 4 is 32.9 Å². The van der Waals surface area contributed by atoms with Crippen LogP contribution in [-0.2, 0) is 36.1 Å². The van der Waals surface area contributed by atoms with E-state index in [1.165, 1.54) is 30.7 Å². The number of methoxy groups -OCH3 is 4. The third-order valence-corrected chi connectivity index (χ3v) is 9.73. The van der Waals surface area contributed by atoms with Crippen molar-refractivity contribution in [1.29, 1.82) is 0 Å². The highest BCUT2D eigenvalue weighted by molar-refractivity contribution is 7.89. The largest absolute Gasteiger partial charge is 0.493 e. The van der Waals surface area contributed by atoms with E-state index in [1.54, 1.807) is 35.9 Å². The zero-order valence-electron chi connectivity index (χ0n) is 23.9. The van der Waals surface area contributed by atoms with Crippen molar-refractivity contribution in [2.75, 3.05) is 35.0 Å². The van der Waals surface area contributed by atoms with Gasteiger partial charge in [-0.2, -0.15) is 4.31 Å². The monoisotopic (exact) mass is 592 g/mol. The average Bonchev–Trinajstić information content (AvgIpc) is 3.31. The standard InChI is InChI=1S/C31H32N2O8S/c1-32-23-17-25(39-3)24(38-2)16-21(23)26-22(19-12-8-6-9-13-19)18-33(42(36,37)20-14-10-7-11-15-20)29(28(26)32)27(30(34)40-4)31(35)41-5/h6-17,22,27,29H,18H2,1-5H3/t22-,29+/m1/s1. The van der Waals surface area contributed by atoms with Gasteiger partial charge >= 0.3 is 11.9 Å². The highest BCUT2D eigenvalue weighted by Gasteiger charge is 2.52. The van der Waals surface area contributed by atoms with E-state index in [0.717, 1.165) is 30.7 Å². The molecule has 5 rings (SSSR count). The maximum atomic E-state index is 14.4. The lowest BCUT2D eigenvalue weighted by molar-refractivity contribution is -0.161. The Bertz CT molecular complexity index is 1720. The van der Waals surface area contributed by atoms with Gasteiger partial charge in [0.25, 0.3) is 0 Å². The molecule has 2 atom stereocenters. The van der Waals surface area contributed by atoms with Gasteiger partial charge in [0, 0.05) is 36.7 Å². The summed E-state index contributed by atoms with van der Waals surface area (Å²) in [7, 11) is 2.90. The van der Waals surface area contributed by atoms with E-state index in [9.17, 15) is 18.0 Å². The maximum absolute atomic E-state index is 14.4. The number of carbonyl (C=O) groups excluding carboxylic acids is 2. The van der Waals surface area contributed by atoms with E-state index in [-0.39, 0.29) is 11.4 Å². The molecule has 2 heterocycles. The Hall–Kier alpha value is -4.35. The summed E-state index contributed by atoms with van der Waals surface area (Å²) >= 11 is 0. The molecular formula is C31H32N2O8S.